The van der Waals surface area contributed by atoms with Crippen LogP contribution in [0.5, 0.6) is 0 Å². The van der Waals surface area contributed by atoms with Crippen molar-refractivity contribution in [3.8, 4) is 0 Å². The van der Waals surface area contributed by atoms with Crippen molar-refractivity contribution in [2.75, 3.05) is 23.7 Å². The summed E-state index contributed by atoms with van der Waals surface area (Å²) in [4.78, 5) is 29.2. The molecule has 0 unspecified atom stereocenters. The number of hydrogen-bond donors (Lipinski definition) is 1. The van der Waals surface area contributed by atoms with Gasteiger partial charge in [-0.2, -0.15) is 0 Å². The molecule has 3 aromatic rings. The van der Waals surface area contributed by atoms with Crippen LogP contribution in [0.1, 0.15) is 42.0 Å². The van der Waals surface area contributed by atoms with Crippen molar-refractivity contribution in [1.29, 1.82) is 0 Å². The predicted molar refractivity (Wildman–Crippen MR) is 162 cm³/mol. The van der Waals surface area contributed by atoms with Gasteiger partial charge >= 0.3 is 0 Å². The van der Waals surface area contributed by atoms with E-state index in [-0.39, 0.29) is 18.9 Å². The summed E-state index contributed by atoms with van der Waals surface area (Å²) in [6.45, 7) is 5.77. The molecule has 0 saturated heterocycles. The first-order chi connectivity index (χ1) is 19.0. The zero-order valence-corrected chi connectivity index (χ0v) is 25.1. The Labute approximate surface area is 243 Å². The minimum absolute atomic E-state index is 0.0433. The number of rotatable bonds is 13. The van der Waals surface area contributed by atoms with E-state index in [1.807, 2.05) is 62.4 Å². The van der Waals surface area contributed by atoms with Crippen LogP contribution in [0.4, 0.5) is 5.69 Å². The minimum Gasteiger partial charge on any atom is -0.354 e. The van der Waals surface area contributed by atoms with E-state index in [4.69, 9.17) is 11.6 Å². The van der Waals surface area contributed by atoms with Crippen LogP contribution in [0.2, 0.25) is 5.02 Å². The van der Waals surface area contributed by atoms with Crippen LogP contribution in [0.3, 0.4) is 0 Å². The molecule has 0 heterocycles. The van der Waals surface area contributed by atoms with E-state index >= 15 is 0 Å². The quantitative estimate of drug-likeness (QED) is 0.277. The lowest BCUT2D eigenvalue weighted by atomic mass is 10.0. The first kappa shape index (κ1) is 31.2. The Kier molecular flexibility index (Phi) is 11.2. The van der Waals surface area contributed by atoms with Gasteiger partial charge in [0.05, 0.1) is 11.9 Å². The molecule has 0 spiro atoms. The molecular weight excluding hydrogens is 546 g/mol. The molecule has 3 rings (SSSR count). The molecule has 9 heteroatoms. The highest BCUT2D eigenvalue weighted by atomic mass is 35.5. The van der Waals surface area contributed by atoms with Crippen molar-refractivity contribution < 1.29 is 18.0 Å². The maximum Gasteiger partial charge on any atom is 0.244 e. The molecule has 2 amide bonds. The highest BCUT2D eigenvalue weighted by Crippen LogP contribution is 2.26. The molecule has 0 aliphatic heterocycles. The second-order valence-corrected chi connectivity index (χ2v) is 12.3. The van der Waals surface area contributed by atoms with E-state index < -0.39 is 28.5 Å². The van der Waals surface area contributed by atoms with Crippen molar-refractivity contribution in [3.05, 3.63) is 100 Å². The van der Waals surface area contributed by atoms with Gasteiger partial charge in [0, 0.05) is 24.5 Å². The Bertz CT molecular complexity index is 1410. The van der Waals surface area contributed by atoms with E-state index in [9.17, 15) is 18.0 Å². The number of carbonyl (C=O) groups excluding carboxylic acids is 2. The fourth-order valence-corrected chi connectivity index (χ4v) is 5.55. The third-order valence-corrected chi connectivity index (χ3v) is 8.21. The number of nitrogens with zero attached hydrogens (tertiary/aromatic N) is 2. The molecule has 40 heavy (non-hydrogen) atoms. The van der Waals surface area contributed by atoms with Crippen LogP contribution in [-0.4, -0.2) is 50.5 Å². The predicted octanol–water partition coefficient (Wildman–Crippen LogP) is 5.28. The van der Waals surface area contributed by atoms with Crippen molar-refractivity contribution in [1.82, 2.24) is 10.2 Å². The maximum absolute atomic E-state index is 14.1. The molecule has 0 aliphatic rings. The van der Waals surface area contributed by atoms with Gasteiger partial charge in [0.25, 0.3) is 0 Å². The topological polar surface area (TPSA) is 86.8 Å². The molecule has 0 radical (unpaired) electrons. The molecule has 214 valence electrons. The lowest BCUT2D eigenvalue weighted by molar-refractivity contribution is -0.140. The fourth-order valence-electron chi connectivity index (χ4n) is 4.45. The number of amides is 2. The summed E-state index contributed by atoms with van der Waals surface area (Å²) in [7, 11) is -3.83. The van der Waals surface area contributed by atoms with Crippen LogP contribution < -0.4 is 9.62 Å². The average molecular weight is 584 g/mol. The van der Waals surface area contributed by atoms with Gasteiger partial charge in [-0.05, 0) is 54.7 Å². The number of sulfonamides is 1. The SMILES string of the molecule is CCCCNC(=O)[C@H](Cc1ccccc1)N(Cc1ccccc1Cl)C(=O)CN(c1cc(C)ccc1C)S(C)(=O)=O. The van der Waals surface area contributed by atoms with Crippen LogP contribution in [0, 0.1) is 13.8 Å². The number of benzene rings is 3. The number of hydrogen-bond acceptors (Lipinski definition) is 4. The molecule has 1 atom stereocenters. The number of halogens is 1. The third kappa shape index (κ3) is 8.57. The molecule has 3 aromatic carbocycles. The fraction of sp³-hybridized carbons (Fsp3) is 0.355. The number of nitrogens with one attached hydrogen (secondary N) is 1. The number of aryl methyl sites for hydroxylation is 2. The lowest BCUT2D eigenvalue weighted by Crippen LogP contribution is -2.53. The summed E-state index contributed by atoms with van der Waals surface area (Å²) in [5.74, 6) is -0.798. The van der Waals surface area contributed by atoms with Gasteiger partial charge in [-0.25, -0.2) is 8.42 Å². The first-order valence-corrected chi connectivity index (χ1v) is 15.6. The van der Waals surface area contributed by atoms with E-state index in [2.05, 4.69) is 5.32 Å². The largest absolute Gasteiger partial charge is 0.354 e. The number of anilines is 1. The highest BCUT2D eigenvalue weighted by molar-refractivity contribution is 7.92. The molecular formula is C31H38ClN3O4S. The van der Waals surface area contributed by atoms with E-state index in [1.54, 1.807) is 31.2 Å². The standard InChI is InChI=1S/C31H38ClN3O4S/c1-5-6-18-33-31(37)29(20-25-12-8-7-9-13-25)34(21-26-14-10-11-15-27(26)32)30(36)22-35(40(4,38)39)28-19-23(2)16-17-24(28)3/h7-17,19,29H,5-6,18,20-22H2,1-4H3,(H,33,37)/t29-/m0/s1. The smallest absolute Gasteiger partial charge is 0.244 e. The lowest BCUT2D eigenvalue weighted by Gasteiger charge is -2.34. The van der Waals surface area contributed by atoms with Gasteiger partial charge in [0.1, 0.15) is 12.6 Å². The van der Waals surface area contributed by atoms with Crippen LogP contribution >= 0.6 is 11.6 Å². The normalized spacial score (nSPS) is 12.0. The van der Waals surface area contributed by atoms with Crippen LogP contribution in [-0.2, 0) is 32.6 Å². The minimum atomic E-state index is -3.83. The molecule has 0 aliphatic carbocycles. The Balaban J connectivity index is 2.07. The number of unbranched alkanes of at least 4 members (excludes halogenated alkanes) is 1. The van der Waals surface area contributed by atoms with Gasteiger partial charge in [-0.15, -0.1) is 0 Å². The Morgan fingerprint density at radius 2 is 1.65 bits per heavy atom. The van der Waals surface area contributed by atoms with Crippen molar-refractivity contribution in [2.24, 2.45) is 0 Å². The second kappa shape index (κ2) is 14.3. The summed E-state index contributed by atoms with van der Waals surface area (Å²) >= 11 is 6.49. The Hall–Kier alpha value is -3.36. The molecule has 0 aromatic heterocycles. The average Bonchev–Trinajstić information content (AvgIpc) is 2.91. The van der Waals surface area contributed by atoms with Gasteiger partial charge in [-0.3, -0.25) is 13.9 Å². The first-order valence-electron chi connectivity index (χ1n) is 13.4. The zero-order chi connectivity index (χ0) is 29.3. The summed E-state index contributed by atoms with van der Waals surface area (Å²) in [6, 6.07) is 21.2. The monoisotopic (exact) mass is 583 g/mol. The van der Waals surface area contributed by atoms with Crippen molar-refractivity contribution in [2.45, 2.75) is 52.6 Å². The summed E-state index contributed by atoms with van der Waals surface area (Å²) < 4.78 is 27.1. The van der Waals surface area contributed by atoms with E-state index in [0.717, 1.165) is 40.1 Å². The zero-order valence-electron chi connectivity index (χ0n) is 23.6. The number of carbonyl (C=O) groups is 2. The Morgan fingerprint density at radius 3 is 2.30 bits per heavy atom. The summed E-state index contributed by atoms with van der Waals surface area (Å²) in [5.41, 5.74) is 3.56. The van der Waals surface area contributed by atoms with Crippen molar-refractivity contribution in [3.63, 3.8) is 0 Å². The summed E-state index contributed by atoms with van der Waals surface area (Å²) in [6.07, 6.45) is 3.05. The highest BCUT2D eigenvalue weighted by Gasteiger charge is 2.33. The maximum atomic E-state index is 14.1. The molecule has 0 bridgehead atoms. The second-order valence-electron chi connectivity index (χ2n) is 10.0. The van der Waals surface area contributed by atoms with Crippen LogP contribution in [0.25, 0.3) is 0 Å². The third-order valence-electron chi connectivity index (χ3n) is 6.71. The van der Waals surface area contributed by atoms with Gasteiger partial charge in [0.15, 0.2) is 0 Å². The summed E-state index contributed by atoms with van der Waals surface area (Å²) in [5, 5.41) is 3.43. The molecule has 0 fully saturated rings. The molecule has 1 N–H and O–H groups in total. The van der Waals surface area contributed by atoms with E-state index in [1.165, 1.54) is 4.90 Å². The molecule has 7 nitrogen and oxygen atoms in total. The van der Waals surface area contributed by atoms with Crippen LogP contribution in [0.15, 0.2) is 72.8 Å². The van der Waals surface area contributed by atoms with Crippen molar-refractivity contribution >= 4 is 39.1 Å². The Morgan fingerprint density at radius 1 is 0.975 bits per heavy atom. The molecule has 0 saturated carbocycles. The van der Waals surface area contributed by atoms with Gasteiger partial charge < -0.3 is 10.2 Å². The van der Waals surface area contributed by atoms with E-state index in [0.29, 0.717) is 22.8 Å². The van der Waals surface area contributed by atoms with Gasteiger partial charge in [-0.1, -0.05) is 85.6 Å². The van der Waals surface area contributed by atoms with Gasteiger partial charge in [0.2, 0.25) is 21.8 Å².